The summed E-state index contributed by atoms with van der Waals surface area (Å²) in [7, 11) is 0. The topological polar surface area (TPSA) is 231 Å². The number of rotatable bonds is 41. The number of aliphatic hydroxyl groups is 7. The monoisotopic (exact) mass is 995 g/mol. The molecule has 404 valence electrons. The van der Waals surface area contributed by atoms with Crippen molar-refractivity contribution in [2.75, 3.05) is 26.4 Å². The Bertz CT molecular complexity index is 1450. The van der Waals surface area contributed by atoms with E-state index < -0.39 is 99.3 Å². The van der Waals surface area contributed by atoms with Crippen molar-refractivity contribution in [3.8, 4) is 0 Å². The molecular formula is C55H94O15. The van der Waals surface area contributed by atoms with Gasteiger partial charge in [0.2, 0.25) is 0 Å². The molecule has 70 heavy (non-hydrogen) atoms. The third kappa shape index (κ3) is 29.0. The Morgan fingerprint density at radius 1 is 0.471 bits per heavy atom. The van der Waals surface area contributed by atoms with Crippen molar-refractivity contribution in [2.24, 2.45) is 0 Å². The van der Waals surface area contributed by atoms with Crippen LogP contribution in [0.2, 0.25) is 0 Å². The molecule has 0 aromatic rings. The van der Waals surface area contributed by atoms with E-state index in [1.807, 2.05) is 36.5 Å². The van der Waals surface area contributed by atoms with Gasteiger partial charge in [-0.1, -0.05) is 171 Å². The Kier molecular flexibility index (Phi) is 37.7. The minimum atomic E-state index is -1.78. The molecule has 0 spiro atoms. The van der Waals surface area contributed by atoms with Crippen molar-refractivity contribution in [3.63, 3.8) is 0 Å². The third-order valence-electron chi connectivity index (χ3n) is 12.6. The number of hydrogen-bond donors (Lipinski definition) is 7. The van der Waals surface area contributed by atoms with Crippen molar-refractivity contribution in [1.82, 2.24) is 0 Å². The molecule has 2 heterocycles. The van der Waals surface area contributed by atoms with Gasteiger partial charge in [-0.2, -0.15) is 0 Å². The molecule has 0 saturated carbocycles. The Hall–Kier alpha value is -2.80. The first-order valence-electron chi connectivity index (χ1n) is 26.9. The lowest BCUT2D eigenvalue weighted by atomic mass is 9.98. The normalized spacial score (nSPS) is 25.8. The van der Waals surface area contributed by atoms with Crippen LogP contribution in [-0.2, 0) is 38.0 Å². The number of aliphatic hydroxyl groups excluding tert-OH is 7. The van der Waals surface area contributed by atoms with Crippen molar-refractivity contribution in [2.45, 2.75) is 248 Å². The summed E-state index contributed by atoms with van der Waals surface area (Å²) in [6.45, 7) is 2.40. The molecule has 2 fully saturated rings. The molecule has 0 aromatic carbocycles. The average molecular weight is 995 g/mol. The van der Waals surface area contributed by atoms with E-state index in [1.54, 1.807) is 0 Å². The zero-order valence-electron chi connectivity index (χ0n) is 42.7. The Labute approximate surface area is 420 Å². The predicted octanol–water partition coefficient (Wildman–Crippen LogP) is 8.05. The number of carbonyl (C=O) groups is 2. The molecule has 7 N–H and O–H groups in total. The third-order valence-corrected chi connectivity index (χ3v) is 12.6. The van der Waals surface area contributed by atoms with Gasteiger partial charge < -0.3 is 64.2 Å². The molecule has 2 aliphatic heterocycles. The lowest BCUT2D eigenvalue weighted by Crippen LogP contribution is -2.61. The van der Waals surface area contributed by atoms with Crippen molar-refractivity contribution in [3.05, 3.63) is 60.8 Å². The van der Waals surface area contributed by atoms with E-state index in [2.05, 4.69) is 38.2 Å². The van der Waals surface area contributed by atoms with Crippen LogP contribution in [0.15, 0.2) is 60.8 Å². The average Bonchev–Trinajstić information content (AvgIpc) is 3.35. The van der Waals surface area contributed by atoms with Gasteiger partial charge in [-0.3, -0.25) is 9.59 Å². The highest BCUT2D eigenvalue weighted by Gasteiger charge is 2.47. The number of hydrogen-bond acceptors (Lipinski definition) is 15. The first kappa shape index (κ1) is 63.3. The van der Waals surface area contributed by atoms with E-state index in [1.165, 1.54) is 83.5 Å². The SMILES string of the molecule is CC/C=C/C=C/C=C/C=C/CCCCCC(=O)OC(COC(=O)CCCCCCCCC/C=C/CCCCCCCCCCCC)CO[C@@H]1O[C@H](CO[C@@H]2O[C@H](CO)[C@H](O)C(O)C2O)[C@H](O)C(O)C1O. The second-order valence-corrected chi connectivity index (χ2v) is 18.8. The van der Waals surface area contributed by atoms with Gasteiger partial charge in [0.15, 0.2) is 18.7 Å². The smallest absolute Gasteiger partial charge is 0.306 e. The van der Waals surface area contributed by atoms with Gasteiger partial charge in [0.1, 0.15) is 55.4 Å². The molecule has 11 atom stereocenters. The van der Waals surface area contributed by atoms with Crippen LogP contribution >= 0.6 is 0 Å². The van der Waals surface area contributed by atoms with Crippen LogP contribution in [0.1, 0.15) is 181 Å². The lowest BCUT2D eigenvalue weighted by Gasteiger charge is -2.42. The summed E-state index contributed by atoms with van der Waals surface area (Å²) in [5.41, 5.74) is 0. The lowest BCUT2D eigenvalue weighted by molar-refractivity contribution is -0.332. The molecule has 0 bridgehead atoms. The maximum absolute atomic E-state index is 13.0. The van der Waals surface area contributed by atoms with Crippen LogP contribution in [-0.4, -0.2) is 142 Å². The van der Waals surface area contributed by atoms with Crippen LogP contribution in [0.4, 0.5) is 0 Å². The van der Waals surface area contributed by atoms with Crippen LogP contribution in [0, 0.1) is 0 Å². The number of unbranched alkanes of at least 4 members (excludes halogenated alkanes) is 20. The van der Waals surface area contributed by atoms with E-state index in [0.29, 0.717) is 12.8 Å². The van der Waals surface area contributed by atoms with Gasteiger partial charge >= 0.3 is 11.9 Å². The quantitative estimate of drug-likeness (QED) is 0.0133. The van der Waals surface area contributed by atoms with Crippen LogP contribution < -0.4 is 0 Å². The molecule has 15 nitrogen and oxygen atoms in total. The number of allylic oxidation sites excluding steroid dienone is 10. The molecule has 2 saturated heterocycles. The molecule has 2 rings (SSSR count). The second kappa shape index (κ2) is 41.6. The summed E-state index contributed by atoms with van der Waals surface area (Å²) >= 11 is 0. The molecule has 15 heteroatoms. The summed E-state index contributed by atoms with van der Waals surface area (Å²) in [6.07, 6.45) is 31.2. The van der Waals surface area contributed by atoms with Crippen molar-refractivity contribution < 1.29 is 73.8 Å². The van der Waals surface area contributed by atoms with Gasteiger partial charge in [-0.15, -0.1) is 0 Å². The van der Waals surface area contributed by atoms with Gasteiger partial charge in [-0.05, 0) is 57.8 Å². The fourth-order valence-corrected chi connectivity index (χ4v) is 8.16. The van der Waals surface area contributed by atoms with Gasteiger partial charge in [-0.25, -0.2) is 0 Å². The van der Waals surface area contributed by atoms with E-state index in [0.717, 1.165) is 57.8 Å². The molecular weight excluding hydrogens is 901 g/mol. The van der Waals surface area contributed by atoms with E-state index in [9.17, 15) is 45.3 Å². The molecule has 0 amide bonds. The Morgan fingerprint density at radius 3 is 1.47 bits per heavy atom. The first-order chi connectivity index (χ1) is 34.0. The molecule has 0 radical (unpaired) electrons. The number of ether oxygens (including phenoxy) is 6. The zero-order chi connectivity index (χ0) is 51.0. The van der Waals surface area contributed by atoms with E-state index in [4.69, 9.17) is 28.4 Å². The molecule has 0 aromatic heterocycles. The highest BCUT2D eigenvalue weighted by Crippen LogP contribution is 2.26. The highest BCUT2D eigenvalue weighted by atomic mass is 16.7. The van der Waals surface area contributed by atoms with Gasteiger partial charge in [0.05, 0.1) is 19.8 Å². The van der Waals surface area contributed by atoms with Crippen molar-refractivity contribution in [1.29, 1.82) is 0 Å². The fourth-order valence-electron chi connectivity index (χ4n) is 8.16. The first-order valence-corrected chi connectivity index (χ1v) is 26.9. The van der Waals surface area contributed by atoms with E-state index >= 15 is 0 Å². The molecule has 0 aliphatic carbocycles. The summed E-state index contributed by atoms with van der Waals surface area (Å²) in [5, 5.41) is 72.1. The van der Waals surface area contributed by atoms with Crippen LogP contribution in [0.5, 0.6) is 0 Å². The Morgan fingerprint density at radius 2 is 0.914 bits per heavy atom. The molecule has 5 unspecified atom stereocenters. The maximum atomic E-state index is 13.0. The summed E-state index contributed by atoms with van der Waals surface area (Å²) in [5.74, 6) is -0.977. The molecule has 2 aliphatic rings. The second-order valence-electron chi connectivity index (χ2n) is 18.8. The van der Waals surface area contributed by atoms with Crippen LogP contribution in [0.25, 0.3) is 0 Å². The summed E-state index contributed by atoms with van der Waals surface area (Å²) in [6, 6.07) is 0. The van der Waals surface area contributed by atoms with Gasteiger partial charge in [0.25, 0.3) is 0 Å². The minimum absolute atomic E-state index is 0.116. The van der Waals surface area contributed by atoms with Crippen LogP contribution in [0.3, 0.4) is 0 Å². The van der Waals surface area contributed by atoms with Gasteiger partial charge in [0, 0.05) is 12.8 Å². The fraction of sp³-hybridized carbons (Fsp3) is 0.782. The number of esters is 2. The van der Waals surface area contributed by atoms with E-state index in [-0.39, 0.29) is 19.4 Å². The maximum Gasteiger partial charge on any atom is 0.306 e. The standard InChI is InChI=1S/C55H94O15/c1-3-5-7-9-11-13-15-17-18-19-20-21-22-23-24-26-27-29-31-33-35-37-46(57)65-40-43(68-47(58)38-36-34-32-30-28-25-16-14-12-10-8-6-4-2)41-66-54-53(64)51(62)49(60)45(70-54)42-67-55-52(63)50(61)48(59)44(39-56)69-55/h6,8,10,12,14,16,21-22,25,28,43-45,48-56,59-64H,3-5,7,9,11,13,15,17-20,23-24,26-27,29-42H2,1-2H3/b8-6+,12-10+,16-14+,22-21+,28-25+/t43?,44-,45-,48+,49+,50?,51?,52?,53?,54-,55-/m1/s1. The highest BCUT2D eigenvalue weighted by molar-refractivity contribution is 5.70. The summed E-state index contributed by atoms with van der Waals surface area (Å²) in [4.78, 5) is 25.8. The Balaban J connectivity index is 1.77. The predicted molar refractivity (Wildman–Crippen MR) is 270 cm³/mol. The largest absolute Gasteiger partial charge is 0.462 e. The van der Waals surface area contributed by atoms with Crippen molar-refractivity contribution >= 4 is 11.9 Å². The number of carbonyl (C=O) groups excluding carboxylic acids is 2. The summed E-state index contributed by atoms with van der Waals surface area (Å²) < 4.78 is 33.5. The zero-order valence-corrected chi connectivity index (χ0v) is 42.7. The minimum Gasteiger partial charge on any atom is -0.462 e.